The molecular weight excluding hydrogens is 424 g/mol. The van der Waals surface area contributed by atoms with Crippen molar-refractivity contribution >= 4 is 23.2 Å². The highest BCUT2D eigenvalue weighted by molar-refractivity contribution is 6.42. The first-order valence-corrected chi connectivity index (χ1v) is 10.6. The summed E-state index contributed by atoms with van der Waals surface area (Å²) in [6, 6.07) is 18.1. The maximum atomic E-state index is 13.7. The molecule has 158 valence electrons. The summed E-state index contributed by atoms with van der Waals surface area (Å²) in [6.45, 7) is 4.16. The summed E-state index contributed by atoms with van der Waals surface area (Å²) in [5, 5.41) is 4.36. The SMILES string of the molecule is CCOc1cc(CNCCc2ccccc2F)ccc1OCc1ccc(Cl)c(Cl)c1. The Morgan fingerprint density at radius 1 is 0.867 bits per heavy atom. The number of ether oxygens (including phenoxy) is 2. The average molecular weight is 448 g/mol. The van der Waals surface area contributed by atoms with Gasteiger partial charge >= 0.3 is 0 Å². The molecule has 6 heteroatoms. The summed E-state index contributed by atoms with van der Waals surface area (Å²) in [4.78, 5) is 0. The molecule has 1 N–H and O–H groups in total. The van der Waals surface area contributed by atoms with Crippen LogP contribution in [0.3, 0.4) is 0 Å². The summed E-state index contributed by atoms with van der Waals surface area (Å²) in [5.74, 6) is 1.19. The number of halogens is 3. The minimum absolute atomic E-state index is 0.165. The molecule has 0 saturated carbocycles. The van der Waals surface area contributed by atoms with E-state index in [4.69, 9.17) is 32.7 Å². The third-order valence-electron chi connectivity index (χ3n) is 4.54. The van der Waals surface area contributed by atoms with Gasteiger partial charge in [-0.25, -0.2) is 4.39 Å². The second-order valence-corrected chi connectivity index (χ2v) is 7.58. The molecule has 0 unspecified atom stereocenters. The van der Waals surface area contributed by atoms with Crippen molar-refractivity contribution in [3.05, 3.63) is 93.2 Å². The van der Waals surface area contributed by atoms with Gasteiger partial charge in [0.15, 0.2) is 11.5 Å². The van der Waals surface area contributed by atoms with Crippen LogP contribution in [-0.2, 0) is 19.6 Å². The second kappa shape index (κ2) is 11.2. The summed E-state index contributed by atoms with van der Waals surface area (Å²) >= 11 is 12.0. The van der Waals surface area contributed by atoms with Crippen molar-refractivity contribution < 1.29 is 13.9 Å². The Balaban J connectivity index is 1.57. The fraction of sp³-hybridized carbons (Fsp3) is 0.250. The molecule has 0 radical (unpaired) electrons. The lowest BCUT2D eigenvalue weighted by atomic mass is 10.1. The van der Waals surface area contributed by atoms with Gasteiger partial charge in [0.05, 0.1) is 16.7 Å². The highest BCUT2D eigenvalue weighted by Gasteiger charge is 2.08. The molecular formula is C24H24Cl2FNO2. The van der Waals surface area contributed by atoms with E-state index in [1.54, 1.807) is 18.2 Å². The van der Waals surface area contributed by atoms with Gasteiger partial charge in [-0.2, -0.15) is 0 Å². The van der Waals surface area contributed by atoms with Crippen molar-refractivity contribution in [1.29, 1.82) is 0 Å². The van der Waals surface area contributed by atoms with Crippen molar-refractivity contribution in [2.24, 2.45) is 0 Å². The molecule has 0 aliphatic carbocycles. The molecule has 0 bridgehead atoms. The van der Waals surface area contributed by atoms with Gasteiger partial charge in [-0.3, -0.25) is 0 Å². The minimum Gasteiger partial charge on any atom is -0.490 e. The van der Waals surface area contributed by atoms with Crippen molar-refractivity contribution in [1.82, 2.24) is 5.32 Å². The van der Waals surface area contributed by atoms with E-state index in [0.717, 1.165) is 11.1 Å². The molecule has 0 saturated heterocycles. The Labute approximate surface area is 186 Å². The van der Waals surface area contributed by atoms with Gasteiger partial charge in [-0.1, -0.05) is 53.5 Å². The zero-order chi connectivity index (χ0) is 21.3. The predicted molar refractivity (Wildman–Crippen MR) is 120 cm³/mol. The van der Waals surface area contributed by atoms with Crippen molar-refractivity contribution in [2.75, 3.05) is 13.2 Å². The van der Waals surface area contributed by atoms with E-state index in [9.17, 15) is 4.39 Å². The molecule has 30 heavy (non-hydrogen) atoms. The predicted octanol–water partition coefficient (Wildman–Crippen LogP) is 6.44. The lowest BCUT2D eigenvalue weighted by molar-refractivity contribution is 0.269. The van der Waals surface area contributed by atoms with Crippen LogP contribution in [0.15, 0.2) is 60.7 Å². The van der Waals surface area contributed by atoms with Gasteiger partial charge in [-0.15, -0.1) is 0 Å². The molecule has 3 rings (SSSR count). The van der Waals surface area contributed by atoms with Gasteiger partial charge in [0.2, 0.25) is 0 Å². The average Bonchev–Trinajstić information content (AvgIpc) is 2.74. The van der Waals surface area contributed by atoms with Crippen LogP contribution in [0.1, 0.15) is 23.6 Å². The molecule has 0 aromatic heterocycles. The smallest absolute Gasteiger partial charge is 0.161 e. The lowest BCUT2D eigenvalue weighted by Gasteiger charge is -2.14. The Morgan fingerprint density at radius 2 is 1.67 bits per heavy atom. The first kappa shape index (κ1) is 22.4. The van der Waals surface area contributed by atoms with Gasteiger partial charge in [0, 0.05) is 6.54 Å². The summed E-state index contributed by atoms with van der Waals surface area (Å²) in [6.07, 6.45) is 0.635. The molecule has 0 heterocycles. The van der Waals surface area contributed by atoms with Crippen molar-refractivity contribution in [2.45, 2.75) is 26.5 Å². The standard InChI is InChI=1S/C24H24Cl2FNO2/c1-2-29-24-14-17(15-28-12-11-19-5-3-4-6-22(19)27)8-10-23(24)30-16-18-7-9-20(25)21(26)13-18/h3-10,13-14,28H,2,11-12,15-16H2,1H3. The lowest BCUT2D eigenvalue weighted by Crippen LogP contribution is -2.17. The highest BCUT2D eigenvalue weighted by atomic mass is 35.5. The molecule has 3 aromatic carbocycles. The monoisotopic (exact) mass is 447 g/mol. The molecule has 0 aliphatic rings. The van der Waals surface area contributed by atoms with Crippen LogP contribution in [0.25, 0.3) is 0 Å². The van der Waals surface area contributed by atoms with E-state index in [0.29, 0.717) is 59.8 Å². The fourth-order valence-electron chi connectivity index (χ4n) is 3.00. The Morgan fingerprint density at radius 3 is 2.43 bits per heavy atom. The molecule has 3 aromatic rings. The van der Waals surface area contributed by atoms with Crippen molar-refractivity contribution in [3.8, 4) is 11.5 Å². The van der Waals surface area contributed by atoms with Crippen LogP contribution in [0.4, 0.5) is 4.39 Å². The molecule has 0 aliphatic heterocycles. The fourth-order valence-corrected chi connectivity index (χ4v) is 3.32. The zero-order valence-corrected chi connectivity index (χ0v) is 18.3. The molecule has 0 amide bonds. The maximum absolute atomic E-state index is 13.7. The molecule has 3 nitrogen and oxygen atoms in total. The maximum Gasteiger partial charge on any atom is 0.161 e. The van der Waals surface area contributed by atoms with E-state index < -0.39 is 0 Å². The minimum atomic E-state index is -0.165. The molecule has 0 atom stereocenters. The second-order valence-electron chi connectivity index (χ2n) is 6.77. The first-order chi connectivity index (χ1) is 14.6. The molecule has 0 fully saturated rings. The quantitative estimate of drug-likeness (QED) is 0.362. The van der Waals surface area contributed by atoms with E-state index in [1.165, 1.54) is 6.07 Å². The zero-order valence-electron chi connectivity index (χ0n) is 16.8. The van der Waals surface area contributed by atoms with Crippen LogP contribution in [0.2, 0.25) is 10.0 Å². The first-order valence-electron chi connectivity index (χ1n) is 9.83. The van der Waals surface area contributed by atoms with Crippen LogP contribution in [-0.4, -0.2) is 13.2 Å². The number of hydrogen-bond acceptors (Lipinski definition) is 3. The van der Waals surface area contributed by atoms with E-state index in [1.807, 2.05) is 43.3 Å². The van der Waals surface area contributed by atoms with Gasteiger partial charge in [0.1, 0.15) is 12.4 Å². The highest BCUT2D eigenvalue weighted by Crippen LogP contribution is 2.30. The van der Waals surface area contributed by atoms with E-state index >= 15 is 0 Å². The third-order valence-corrected chi connectivity index (χ3v) is 5.28. The number of benzene rings is 3. The third kappa shape index (κ3) is 6.36. The Hall–Kier alpha value is -2.27. The van der Waals surface area contributed by atoms with Crippen LogP contribution >= 0.6 is 23.2 Å². The van der Waals surface area contributed by atoms with E-state index in [-0.39, 0.29) is 5.82 Å². The van der Waals surface area contributed by atoms with Crippen LogP contribution in [0, 0.1) is 5.82 Å². The van der Waals surface area contributed by atoms with Gasteiger partial charge in [-0.05, 0) is 66.9 Å². The Kier molecular flexibility index (Phi) is 8.38. The van der Waals surface area contributed by atoms with Gasteiger partial charge in [0.25, 0.3) is 0 Å². The van der Waals surface area contributed by atoms with Crippen molar-refractivity contribution in [3.63, 3.8) is 0 Å². The van der Waals surface area contributed by atoms with E-state index in [2.05, 4.69) is 5.32 Å². The number of rotatable bonds is 10. The summed E-state index contributed by atoms with van der Waals surface area (Å²) < 4.78 is 25.4. The molecule has 0 spiro atoms. The topological polar surface area (TPSA) is 30.5 Å². The summed E-state index contributed by atoms with van der Waals surface area (Å²) in [5.41, 5.74) is 2.70. The van der Waals surface area contributed by atoms with Crippen LogP contribution < -0.4 is 14.8 Å². The summed E-state index contributed by atoms with van der Waals surface area (Å²) in [7, 11) is 0. The Bertz CT molecular complexity index is 981. The van der Waals surface area contributed by atoms with Gasteiger partial charge < -0.3 is 14.8 Å². The number of hydrogen-bond donors (Lipinski definition) is 1. The largest absolute Gasteiger partial charge is 0.490 e. The van der Waals surface area contributed by atoms with Crippen LogP contribution in [0.5, 0.6) is 11.5 Å². The normalized spacial score (nSPS) is 10.8. The number of nitrogens with one attached hydrogen (secondary N) is 1.